The normalized spacial score (nSPS) is 11.9. The molecule has 3 rings (SSSR count). The first-order valence-electron chi connectivity index (χ1n) is 9.36. The predicted octanol–water partition coefficient (Wildman–Crippen LogP) is 3.65. The fourth-order valence-corrected chi connectivity index (χ4v) is 4.31. The number of hydrogen-bond acceptors (Lipinski definition) is 6. The number of nitro groups is 1. The number of anilines is 1. The third kappa shape index (κ3) is 3.93. The molecule has 0 aliphatic carbocycles. The Balaban J connectivity index is 2.12. The Kier molecular flexibility index (Phi) is 5.83. The molecule has 3 aromatic rings. The molecule has 0 saturated carbocycles. The van der Waals surface area contributed by atoms with Crippen LogP contribution < -0.4 is 4.31 Å². The van der Waals surface area contributed by atoms with Gasteiger partial charge in [-0.05, 0) is 38.5 Å². The first-order valence-corrected chi connectivity index (χ1v) is 10.9. The summed E-state index contributed by atoms with van der Waals surface area (Å²) in [6.07, 6.45) is 4.24. The number of sulfonamides is 1. The van der Waals surface area contributed by atoms with Gasteiger partial charge in [-0.3, -0.25) is 14.4 Å². The highest BCUT2D eigenvalue weighted by Crippen LogP contribution is 2.29. The van der Waals surface area contributed by atoms with Crippen molar-refractivity contribution in [1.82, 2.24) is 14.6 Å². The van der Waals surface area contributed by atoms with Gasteiger partial charge in [0.25, 0.3) is 0 Å². The van der Waals surface area contributed by atoms with Gasteiger partial charge in [0, 0.05) is 18.3 Å². The van der Waals surface area contributed by atoms with Gasteiger partial charge in [0.15, 0.2) is 0 Å². The summed E-state index contributed by atoms with van der Waals surface area (Å²) in [5, 5.41) is 14.7. The molecule has 0 fully saturated rings. The lowest BCUT2D eigenvalue weighted by molar-refractivity contribution is -0.383. The molecule has 0 unspecified atom stereocenters. The van der Waals surface area contributed by atoms with Gasteiger partial charge in [-0.1, -0.05) is 25.5 Å². The van der Waals surface area contributed by atoms with E-state index < -0.39 is 20.2 Å². The Morgan fingerprint density at radius 1 is 1.28 bits per heavy atom. The number of fused-ring (bicyclic) bond motifs is 1. The van der Waals surface area contributed by atoms with Gasteiger partial charge in [-0.2, -0.15) is 5.10 Å². The summed E-state index contributed by atoms with van der Waals surface area (Å²) in [5.74, 6) is 0. The quantitative estimate of drug-likeness (QED) is 0.409. The molecule has 29 heavy (non-hydrogen) atoms. The Bertz CT molecular complexity index is 1140. The van der Waals surface area contributed by atoms with Crippen LogP contribution in [0.3, 0.4) is 0 Å². The van der Waals surface area contributed by atoms with Gasteiger partial charge >= 0.3 is 5.69 Å². The number of rotatable bonds is 8. The van der Waals surface area contributed by atoms with Crippen LogP contribution in [0.4, 0.5) is 11.4 Å². The van der Waals surface area contributed by atoms with Crippen molar-refractivity contribution in [2.75, 3.05) is 10.8 Å². The Morgan fingerprint density at radius 2 is 2.03 bits per heavy atom. The van der Waals surface area contributed by atoms with E-state index in [2.05, 4.69) is 10.1 Å². The topological polar surface area (TPSA) is 111 Å². The van der Waals surface area contributed by atoms with Crippen LogP contribution in [0, 0.1) is 10.1 Å². The van der Waals surface area contributed by atoms with E-state index in [1.165, 1.54) is 15.0 Å². The van der Waals surface area contributed by atoms with E-state index in [1.807, 2.05) is 13.0 Å². The summed E-state index contributed by atoms with van der Waals surface area (Å²) in [7, 11) is -3.50. The van der Waals surface area contributed by atoms with Crippen LogP contribution in [0.2, 0.25) is 0 Å². The van der Waals surface area contributed by atoms with E-state index in [0.29, 0.717) is 23.5 Å². The molecule has 9 nitrogen and oxygen atoms in total. The lowest BCUT2D eigenvalue weighted by Crippen LogP contribution is -2.37. The van der Waals surface area contributed by atoms with Crippen LogP contribution >= 0.6 is 0 Å². The van der Waals surface area contributed by atoms with Crippen molar-refractivity contribution in [1.29, 1.82) is 0 Å². The number of unbranched alkanes of at least 4 members (excludes halogenated alkanes) is 1. The van der Waals surface area contributed by atoms with E-state index in [4.69, 9.17) is 0 Å². The van der Waals surface area contributed by atoms with Crippen LogP contribution in [-0.2, 0) is 10.0 Å². The fraction of sp³-hybridized carbons (Fsp3) is 0.368. The molecule has 0 saturated heterocycles. The van der Waals surface area contributed by atoms with Crippen molar-refractivity contribution >= 4 is 27.0 Å². The van der Waals surface area contributed by atoms with Gasteiger partial charge < -0.3 is 0 Å². The Labute approximate surface area is 169 Å². The third-order valence-electron chi connectivity index (χ3n) is 4.63. The van der Waals surface area contributed by atoms with Crippen molar-refractivity contribution in [3.8, 4) is 11.3 Å². The van der Waals surface area contributed by atoms with Crippen molar-refractivity contribution < 1.29 is 13.3 Å². The van der Waals surface area contributed by atoms with Gasteiger partial charge in [-0.25, -0.2) is 17.9 Å². The molecule has 0 atom stereocenters. The third-order valence-corrected chi connectivity index (χ3v) is 6.83. The second-order valence-corrected chi connectivity index (χ2v) is 9.34. The zero-order valence-electron chi connectivity index (χ0n) is 16.5. The smallest absolute Gasteiger partial charge is 0.270 e. The van der Waals surface area contributed by atoms with Gasteiger partial charge in [-0.15, -0.1) is 0 Å². The van der Waals surface area contributed by atoms with Crippen LogP contribution in [0.1, 0.15) is 33.6 Å². The standard InChI is InChI=1S/C19H23N5O4S/c1-4-5-11-22(29(27,28)14(2)3)16-8-6-7-15(12-16)17-9-10-20-19-18(24(25)26)13-21-23(17)19/h6-10,12-14H,4-5,11H2,1-3H3. The number of hydrogen-bond donors (Lipinski definition) is 0. The largest absolute Gasteiger partial charge is 0.333 e. The lowest BCUT2D eigenvalue weighted by atomic mass is 10.1. The first kappa shape index (κ1) is 20.7. The van der Waals surface area contributed by atoms with Crippen LogP contribution in [-0.4, -0.2) is 39.7 Å². The minimum absolute atomic E-state index is 0.135. The molecule has 154 valence electrons. The summed E-state index contributed by atoms with van der Waals surface area (Å²) < 4.78 is 28.6. The predicted molar refractivity (Wildman–Crippen MR) is 111 cm³/mol. The van der Waals surface area contributed by atoms with Crippen LogP contribution in [0.5, 0.6) is 0 Å². The summed E-state index contributed by atoms with van der Waals surface area (Å²) >= 11 is 0. The fourth-order valence-electron chi connectivity index (χ4n) is 3.01. The Hall–Kier alpha value is -3.01. The molecule has 0 aliphatic rings. The van der Waals surface area contributed by atoms with Crippen molar-refractivity contribution in [3.63, 3.8) is 0 Å². The van der Waals surface area contributed by atoms with Gasteiger partial charge in [0.2, 0.25) is 15.7 Å². The van der Waals surface area contributed by atoms with E-state index in [9.17, 15) is 18.5 Å². The van der Waals surface area contributed by atoms with E-state index in [0.717, 1.165) is 19.0 Å². The molecule has 0 N–H and O–H groups in total. The molecule has 1 aromatic carbocycles. The number of aromatic nitrogens is 3. The maximum Gasteiger partial charge on any atom is 0.333 e. The minimum atomic E-state index is -3.50. The van der Waals surface area contributed by atoms with Gasteiger partial charge in [0.05, 0.1) is 21.6 Å². The lowest BCUT2D eigenvalue weighted by Gasteiger charge is -2.27. The molecule has 0 amide bonds. The van der Waals surface area contributed by atoms with E-state index in [-0.39, 0.29) is 11.3 Å². The highest BCUT2D eigenvalue weighted by atomic mass is 32.2. The second-order valence-electron chi connectivity index (χ2n) is 6.92. The molecule has 10 heteroatoms. The van der Waals surface area contributed by atoms with Crippen molar-refractivity contribution in [2.45, 2.75) is 38.9 Å². The van der Waals surface area contributed by atoms with E-state index in [1.54, 1.807) is 38.1 Å². The molecule has 2 heterocycles. The average molecular weight is 417 g/mol. The maximum absolute atomic E-state index is 12.9. The highest BCUT2D eigenvalue weighted by Gasteiger charge is 2.26. The van der Waals surface area contributed by atoms with Crippen molar-refractivity contribution in [3.05, 3.63) is 52.8 Å². The molecule has 0 spiro atoms. The minimum Gasteiger partial charge on any atom is -0.270 e. The molecule has 0 bridgehead atoms. The average Bonchev–Trinajstić information content (AvgIpc) is 3.12. The number of nitrogens with zero attached hydrogens (tertiary/aromatic N) is 5. The molecule has 0 radical (unpaired) electrons. The van der Waals surface area contributed by atoms with Gasteiger partial charge in [0.1, 0.15) is 6.20 Å². The summed E-state index contributed by atoms with van der Waals surface area (Å²) in [5.41, 5.74) is 1.78. The SMILES string of the molecule is CCCCN(c1cccc(-c2ccnc3c([N+](=O)[O-])cnn23)c1)S(=O)(=O)C(C)C. The number of benzene rings is 1. The van der Waals surface area contributed by atoms with Crippen LogP contribution in [0.15, 0.2) is 42.7 Å². The zero-order chi connectivity index (χ0) is 21.2. The summed E-state index contributed by atoms with van der Waals surface area (Å²) in [4.78, 5) is 14.7. The van der Waals surface area contributed by atoms with Crippen LogP contribution in [0.25, 0.3) is 16.9 Å². The summed E-state index contributed by atoms with van der Waals surface area (Å²) in [6, 6.07) is 8.78. The Morgan fingerprint density at radius 3 is 2.69 bits per heavy atom. The zero-order valence-corrected chi connectivity index (χ0v) is 17.3. The molecular weight excluding hydrogens is 394 g/mol. The molecule has 2 aromatic heterocycles. The first-order chi connectivity index (χ1) is 13.8. The monoisotopic (exact) mass is 417 g/mol. The second kappa shape index (κ2) is 8.16. The molecular formula is C19H23N5O4S. The highest BCUT2D eigenvalue weighted by molar-refractivity contribution is 7.93. The summed E-state index contributed by atoms with van der Waals surface area (Å²) in [6.45, 7) is 5.72. The maximum atomic E-state index is 12.9. The van der Waals surface area contributed by atoms with E-state index >= 15 is 0 Å². The molecule has 0 aliphatic heterocycles. The van der Waals surface area contributed by atoms with Crippen molar-refractivity contribution in [2.24, 2.45) is 0 Å².